The molecule has 1 saturated carbocycles. The molecular formula is C15H19N3O. The van der Waals surface area contributed by atoms with Gasteiger partial charge in [-0.2, -0.15) is 0 Å². The molecule has 1 N–H and O–H groups in total. The molecule has 1 aliphatic rings. The summed E-state index contributed by atoms with van der Waals surface area (Å²) in [4.78, 5) is 4.57. The number of rotatable bonds is 4. The largest absolute Gasteiger partial charge is 0.495 e. The zero-order valence-electron chi connectivity index (χ0n) is 11.6. The van der Waals surface area contributed by atoms with Crippen molar-refractivity contribution in [2.75, 3.05) is 12.4 Å². The van der Waals surface area contributed by atoms with E-state index < -0.39 is 0 Å². The molecule has 1 fully saturated rings. The van der Waals surface area contributed by atoms with Crippen molar-refractivity contribution in [1.29, 1.82) is 0 Å². The average Bonchev–Trinajstić information content (AvgIpc) is 3.12. The number of aromatic nitrogens is 2. The van der Waals surface area contributed by atoms with E-state index >= 15 is 0 Å². The highest BCUT2D eigenvalue weighted by atomic mass is 16.5. The molecule has 19 heavy (non-hydrogen) atoms. The Morgan fingerprint density at radius 3 is 2.79 bits per heavy atom. The predicted molar refractivity (Wildman–Crippen MR) is 76.2 cm³/mol. The monoisotopic (exact) mass is 257 g/mol. The van der Waals surface area contributed by atoms with Gasteiger partial charge < -0.3 is 10.1 Å². The van der Waals surface area contributed by atoms with Crippen LogP contribution >= 0.6 is 0 Å². The quantitative estimate of drug-likeness (QED) is 0.915. The predicted octanol–water partition coefficient (Wildman–Crippen LogP) is 3.07. The minimum atomic E-state index is 0.580. The summed E-state index contributed by atoms with van der Waals surface area (Å²) >= 11 is 0. The van der Waals surface area contributed by atoms with Gasteiger partial charge in [-0.25, -0.2) is 4.98 Å². The maximum absolute atomic E-state index is 5.46. The SMILES string of the molecule is COc1ccc(C)cc1-n1cc(C)nc1NC1CC1. The Hall–Kier alpha value is -1.97. The molecule has 1 aromatic heterocycles. The van der Waals surface area contributed by atoms with Crippen molar-refractivity contribution in [1.82, 2.24) is 9.55 Å². The highest BCUT2D eigenvalue weighted by molar-refractivity contribution is 5.54. The number of nitrogens with zero attached hydrogens (tertiary/aromatic N) is 2. The fourth-order valence-electron chi connectivity index (χ4n) is 2.18. The molecule has 0 radical (unpaired) electrons. The molecule has 2 aromatic rings. The summed E-state index contributed by atoms with van der Waals surface area (Å²) in [6.45, 7) is 4.09. The number of aryl methyl sites for hydroxylation is 2. The maximum Gasteiger partial charge on any atom is 0.208 e. The summed E-state index contributed by atoms with van der Waals surface area (Å²) in [6, 6.07) is 6.76. The van der Waals surface area contributed by atoms with Crippen LogP contribution in [0.5, 0.6) is 5.75 Å². The van der Waals surface area contributed by atoms with Crippen LogP contribution in [0.25, 0.3) is 5.69 Å². The normalized spacial score (nSPS) is 14.5. The molecule has 0 atom stereocenters. The fraction of sp³-hybridized carbons (Fsp3) is 0.400. The third-order valence-corrected chi connectivity index (χ3v) is 3.33. The van der Waals surface area contributed by atoms with E-state index in [1.165, 1.54) is 18.4 Å². The topological polar surface area (TPSA) is 39.1 Å². The number of methoxy groups -OCH3 is 1. The first-order valence-electron chi connectivity index (χ1n) is 6.65. The van der Waals surface area contributed by atoms with Gasteiger partial charge in [0.15, 0.2) is 0 Å². The van der Waals surface area contributed by atoms with Crippen LogP contribution in [0.15, 0.2) is 24.4 Å². The number of imidazole rings is 1. The molecule has 0 saturated heterocycles. The highest BCUT2D eigenvalue weighted by Gasteiger charge is 2.23. The molecule has 4 heteroatoms. The average molecular weight is 257 g/mol. The standard InChI is InChI=1S/C15H19N3O/c1-10-4-7-14(19-3)13(8-10)18-9-11(2)16-15(18)17-12-5-6-12/h4,7-9,12H,5-6H2,1-3H3,(H,16,17). The Morgan fingerprint density at radius 1 is 1.32 bits per heavy atom. The number of hydrogen-bond donors (Lipinski definition) is 1. The number of nitrogens with one attached hydrogen (secondary N) is 1. The number of benzene rings is 1. The van der Waals surface area contributed by atoms with Crippen LogP contribution in [0.3, 0.4) is 0 Å². The minimum Gasteiger partial charge on any atom is -0.495 e. The molecule has 0 unspecified atom stereocenters. The molecule has 1 heterocycles. The van der Waals surface area contributed by atoms with E-state index in [9.17, 15) is 0 Å². The van der Waals surface area contributed by atoms with Crippen molar-refractivity contribution in [2.45, 2.75) is 32.7 Å². The first kappa shape index (κ1) is 12.1. The summed E-state index contributed by atoms with van der Waals surface area (Å²) < 4.78 is 7.55. The van der Waals surface area contributed by atoms with Crippen LogP contribution in [0.2, 0.25) is 0 Å². The molecular weight excluding hydrogens is 238 g/mol. The van der Waals surface area contributed by atoms with Crippen LogP contribution in [0, 0.1) is 13.8 Å². The minimum absolute atomic E-state index is 0.580. The Labute approximate surface area is 113 Å². The molecule has 3 rings (SSSR count). The van der Waals surface area contributed by atoms with Gasteiger partial charge in [0.1, 0.15) is 5.75 Å². The van der Waals surface area contributed by atoms with Gasteiger partial charge >= 0.3 is 0 Å². The smallest absolute Gasteiger partial charge is 0.208 e. The highest BCUT2D eigenvalue weighted by Crippen LogP contribution is 2.30. The molecule has 1 aromatic carbocycles. The molecule has 0 bridgehead atoms. The number of anilines is 1. The van der Waals surface area contributed by atoms with Gasteiger partial charge in [0.05, 0.1) is 18.5 Å². The summed E-state index contributed by atoms with van der Waals surface area (Å²) in [5, 5.41) is 3.47. The Kier molecular flexibility index (Phi) is 2.93. The van der Waals surface area contributed by atoms with E-state index in [0.717, 1.165) is 23.1 Å². The van der Waals surface area contributed by atoms with Gasteiger partial charge in [-0.05, 0) is 44.4 Å². The lowest BCUT2D eigenvalue weighted by molar-refractivity contribution is 0.413. The zero-order chi connectivity index (χ0) is 13.4. The second-order valence-electron chi connectivity index (χ2n) is 5.17. The second kappa shape index (κ2) is 4.61. The van der Waals surface area contributed by atoms with E-state index in [2.05, 4.69) is 33.9 Å². The van der Waals surface area contributed by atoms with Gasteiger partial charge in [0.2, 0.25) is 5.95 Å². The van der Waals surface area contributed by atoms with E-state index in [4.69, 9.17) is 4.74 Å². The van der Waals surface area contributed by atoms with E-state index in [0.29, 0.717) is 6.04 Å². The first-order valence-corrected chi connectivity index (χ1v) is 6.65. The van der Waals surface area contributed by atoms with Crippen molar-refractivity contribution in [3.8, 4) is 11.4 Å². The van der Waals surface area contributed by atoms with Crippen molar-refractivity contribution in [3.63, 3.8) is 0 Å². The van der Waals surface area contributed by atoms with Crippen LogP contribution in [-0.4, -0.2) is 22.7 Å². The summed E-state index contributed by atoms with van der Waals surface area (Å²) in [5.74, 6) is 1.77. The van der Waals surface area contributed by atoms with Crippen LogP contribution < -0.4 is 10.1 Å². The maximum atomic E-state index is 5.46. The molecule has 4 nitrogen and oxygen atoms in total. The Morgan fingerprint density at radius 2 is 2.11 bits per heavy atom. The second-order valence-corrected chi connectivity index (χ2v) is 5.17. The van der Waals surface area contributed by atoms with Crippen LogP contribution in [0.1, 0.15) is 24.1 Å². The molecule has 100 valence electrons. The lowest BCUT2D eigenvalue weighted by Crippen LogP contribution is -2.08. The van der Waals surface area contributed by atoms with E-state index in [1.807, 2.05) is 19.2 Å². The Balaban J connectivity index is 2.07. The third-order valence-electron chi connectivity index (χ3n) is 3.33. The lowest BCUT2D eigenvalue weighted by Gasteiger charge is -2.13. The summed E-state index contributed by atoms with van der Waals surface area (Å²) in [7, 11) is 1.70. The van der Waals surface area contributed by atoms with E-state index in [1.54, 1.807) is 7.11 Å². The summed E-state index contributed by atoms with van der Waals surface area (Å²) in [5.41, 5.74) is 3.25. The van der Waals surface area contributed by atoms with Gasteiger partial charge in [-0.3, -0.25) is 4.57 Å². The number of ether oxygens (including phenoxy) is 1. The number of hydrogen-bond acceptors (Lipinski definition) is 3. The lowest BCUT2D eigenvalue weighted by atomic mass is 10.2. The van der Waals surface area contributed by atoms with Crippen LogP contribution in [0.4, 0.5) is 5.95 Å². The third kappa shape index (κ3) is 2.43. The summed E-state index contributed by atoms with van der Waals surface area (Å²) in [6.07, 6.45) is 4.51. The fourth-order valence-corrected chi connectivity index (χ4v) is 2.18. The van der Waals surface area contributed by atoms with Gasteiger partial charge in [-0.15, -0.1) is 0 Å². The van der Waals surface area contributed by atoms with Crippen molar-refractivity contribution >= 4 is 5.95 Å². The molecule has 0 spiro atoms. The van der Waals surface area contributed by atoms with Crippen molar-refractivity contribution in [2.24, 2.45) is 0 Å². The van der Waals surface area contributed by atoms with Gasteiger partial charge in [-0.1, -0.05) is 6.07 Å². The van der Waals surface area contributed by atoms with Gasteiger partial charge in [0.25, 0.3) is 0 Å². The Bertz CT molecular complexity index is 599. The van der Waals surface area contributed by atoms with Crippen molar-refractivity contribution < 1.29 is 4.74 Å². The first-order chi connectivity index (χ1) is 9.17. The van der Waals surface area contributed by atoms with E-state index in [-0.39, 0.29) is 0 Å². The molecule has 0 aliphatic heterocycles. The van der Waals surface area contributed by atoms with Gasteiger partial charge in [0, 0.05) is 12.2 Å². The molecule has 0 amide bonds. The van der Waals surface area contributed by atoms with Crippen LogP contribution in [-0.2, 0) is 0 Å². The van der Waals surface area contributed by atoms with Crippen molar-refractivity contribution in [3.05, 3.63) is 35.7 Å². The molecule has 1 aliphatic carbocycles. The zero-order valence-corrected chi connectivity index (χ0v) is 11.6.